The van der Waals surface area contributed by atoms with Crippen molar-refractivity contribution < 1.29 is 28.9 Å². The third-order valence-corrected chi connectivity index (χ3v) is 2.53. The largest absolute Gasteiger partial charge is 0.408 e. The van der Waals surface area contributed by atoms with Crippen LogP contribution in [0.2, 0.25) is 0 Å². The van der Waals surface area contributed by atoms with Crippen LogP contribution in [0.1, 0.15) is 19.3 Å². The van der Waals surface area contributed by atoms with Crippen molar-refractivity contribution in [3.63, 3.8) is 0 Å². The highest BCUT2D eigenvalue weighted by atomic mass is 16.7. The van der Waals surface area contributed by atoms with Gasteiger partial charge in [-0.1, -0.05) is 6.58 Å². The summed E-state index contributed by atoms with van der Waals surface area (Å²) in [6.45, 7) is 3.52. The molecule has 1 aliphatic heterocycles. The summed E-state index contributed by atoms with van der Waals surface area (Å²) in [6.07, 6.45) is 7.41. The number of carbonyl (C=O) groups is 4. The van der Waals surface area contributed by atoms with E-state index in [1.807, 2.05) is 0 Å². The summed E-state index contributed by atoms with van der Waals surface area (Å²) >= 11 is 0. The third kappa shape index (κ3) is 4.79. The Balaban J connectivity index is 2.29. The van der Waals surface area contributed by atoms with E-state index >= 15 is 0 Å². The Morgan fingerprint density at radius 2 is 2.05 bits per heavy atom. The summed E-state index contributed by atoms with van der Waals surface area (Å²) in [5.41, 5.74) is 0.246. The quantitative estimate of drug-likeness (QED) is 0.527. The van der Waals surface area contributed by atoms with Crippen LogP contribution < -0.4 is 0 Å². The average Bonchev–Trinajstić information content (AvgIpc) is 2.78. The molecule has 2 amide bonds. The Morgan fingerprint density at radius 3 is 2.59 bits per heavy atom. The number of rotatable bonds is 5. The number of nitrogens with zero attached hydrogens (tertiary/aromatic N) is 2. The van der Waals surface area contributed by atoms with Gasteiger partial charge in [0.15, 0.2) is 0 Å². The molecule has 0 fully saturated rings. The van der Waals surface area contributed by atoms with Crippen molar-refractivity contribution in [1.29, 1.82) is 0 Å². The third-order valence-electron chi connectivity index (χ3n) is 2.53. The summed E-state index contributed by atoms with van der Waals surface area (Å²) in [4.78, 5) is 54.5. The number of allylic oxidation sites excluding steroid dienone is 1. The number of hydrogen-bond donors (Lipinski definition) is 0. The summed E-state index contributed by atoms with van der Waals surface area (Å²) in [6, 6.07) is 0. The molecule has 0 aromatic rings. The van der Waals surface area contributed by atoms with Gasteiger partial charge in [0.05, 0.1) is 5.70 Å². The zero-order chi connectivity index (χ0) is 16.7. The zero-order valence-corrected chi connectivity index (χ0v) is 11.9. The van der Waals surface area contributed by atoms with Gasteiger partial charge in [0, 0.05) is 31.9 Å². The van der Waals surface area contributed by atoms with Crippen LogP contribution >= 0.6 is 0 Å². The monoisotopic (exact) mass is 306 g/mol. The van der Waals surface area contributed by atoms with E-state index in [0.29, 0.717) is 5.06 Å². The lowest BCUT2D eigenvalue weighted by Crippen LogP contribution is -2.30. The molecule has 0 saturated heterocycles. The van der Waals surface area contributed by atoms with Gasteiger partial charge in [0.2, 0.25) is 0 Å². The molecule has 116 valence electrons. The fraction of sp³-hybridized carbons (Fsp3) is 0.286. The van der Waals surface area contributed by atoms with Crippen molar-refractivity contribution in [1.82, 2.24) is 10.1 Å². The molecule has 8 nitrogen and oxygen atoms in total. The molecule has 0 unspecified atom stereocenters. The summed E-state index contributed by atoms with van der Waals surface area (Å²) < 4.78 is 0. The van der Waals surface area contributed by atoms with Crippen LogP contribution in [0.3, 0.4) is 0 Å². The Morgan fingerprint density at radius 1 is 1.36 bits per heavy atom. The van der Waals surface area contributed by atoms with Crippen LogP contribution in [-0.4, -0.2) is 40.9 Å². The summed E-state index contributed by atoms with van der Waals surface area (Å²) in [5.74, 6) is -1.02. The summed E-state index contributed by atoms with van der Waals surface area (Å²) in [5, 5.41) is 1.47. The van der Waals surface area contributed by atoms with E-state index < -0.39 is 23.8 Å². The van der Waals surface area contributed by atoms with Gasteiger partial charge in [-0.3, -0.25) is 9.59 Å². The second-order valence-electron chi connectivity index (χ2n) is 4.19. The smallest absolute Gasteiger partial charge is 0.333 e. The van der Waals surface area contributed by atoms with E-state index in [2.05, 4.69) is 11.4 Å². The minimum absolute atomic E-state index is 0.0589. The summed E-state index contributed by atoms with van der Waals surface area (Å²) in [7, 11) is 1.23. The van der Waals surface area contributed by atoms with Gasteiger partial charge < -0.3 is 9.68 Å². The first-order chi connectivity index (χ1) is 10.3. The Hall–Kier alpha value is -3.08. The van der Waals surface area contributed by atoms with Crippen LogP contribution in [0.15, 0.2) is 24.4 Å². The van der Waals surface area contributed by atoms with Crippen molar-refractivity contribution >= 4 is 23.8 Å². The molecule has 1 rings (SSSR count). The molecule has 0 aromatic carbocycles. The zero-order valence-electron chi connectivity index (χ0n) is 11.9. The Bertz CT molecular complexity index is 569. The molecule has 0 spiro atoms. The molecular weight excluding hydrogens is 292 g/mol. The van der Waals surface area contributed by atoms with Crippen molar-refractivity contribution in [2.75, 3.05) is 7.05 Å². The number of amides is 2. The maximum atomic E-state index is 11.6. The average molecular weight is 306 g/mol. The predicted molar refractivity (Wildman–Crippen MR) is 72.8 cm³/mol. The van der Waals surface area contributed by atoms with E-state index in [9.17, 15) is 19.2 Å². The van der Waals surface area contributed by atoms with E-state index in [1.54, 1.807) is 5.92 Å². The standard InChI is InChI=1S/C14H14N2O6/c1-4-13(19)21-15(3)11(17)6-5-7-14(20)22-16-10(2)8-9-12(16)18/h1,8-9H,2,5-7H2,3H3. The molecule has 8 heteroatoms. The highest BCUT2D eigenvalue weighted by molar-refractivity contribution is 5.93. The first-order valence-electron chi connectivity index (χ1n) is 6.22. The fourth-order valence-corrected chi connectivity index (χ4v) is 1.44. The van der Waals surface area contributed by atoms with Gasteiger partial charge in [0.1, 0.15) is 0 Å². The van der Waals surface area contributed by atoms with Crippen molar-refractivity contribution in [2.45, 2.75) is 19.3 Å². The van der Waals surface area contributed by atoms with Gasteiger partial charge >= 0.3 is 11.9 Å². The van der Waals surface area contributed by atoms with Crippen molar-refractivity contribution in [3.05, 3.63) is 24.4 Å². The molecule has 0 saturated carbocycles. The lowest BCUT2D eigenvalue weighted by Gasteiger charge is -2.16. The first-order valence-corrected chi connectivity index (χ1v) is 6.22. The molecule has 0 aliphatic carbocycles. The molecule has 0 atom stereocenters. The van der Waals surface area contributed by atoms with Gasteiger partial charge in [-0.05, 0) is 12.5 Å². The molecule has 0 radical (unpaired) electrons. The predicted octanol–water partition coefficient (Wildman–Crippen LogP) is 0.0768. The number of hydroxylamine groups is 4. The van der Waals surface area contributed by atoms with E-state index in [-0.39, 0.29) is 25.0 Å². The molecule has 0 bridgehead atoms. The molecular formula is C14H14N2O6. The topological polar surface area (TPSA) is 93.2 Å². The second kappa shape index (κ2) is 7.64. The number of hydrogen-bond acceptors (Lipinski definition) is 6. The lowest BCUT2D eigenvalue weighted by atomic mass is 10.2. The van der Waals surface area contributed by atoms with Crippen LogP contribution in [0.5, 0.6) is 0 Å². The fourth-order valence-electron chi connectivity index (χ4n) is 1.44. The van der Waals surface area contributed by atoms with Crippen LogP contribution in [0.4, 0.5) is 0 Å². The minimum Gasteiger partial charge on any atom is -0.333 e. The van der Waals surface area contributed by atoms with E-state index in [4.69, 9.17) is 11.3 Å². The van der Waals surface area contributed by atoms with Crippen molar-refractivity contribution in [3.8, 4) is 12.3 Å². The van der Waals surface area contributed by atoms with Gasteiger partial charge in [-0.2, -0.15) is 5.06 Å². The molecule has 0 aromatic heterocycles. The minimum atomic E-state index is -0.992. The van der Waals surface area contributed by atoms with Gasteiger partial charge in [-0.15, -0.1) is 11.5 Å². The highest BCUT2D eigenvalue weighted by Crippen LogP contribution is 2.14. The lowest BCUT2D eigenvalue weighted by molar-refractivity contribution is -0.188. The normalized spacial score (nSPS) is 12.8. The second-order valence-corrected chi connectivity index (χ2v) is 4.19. The molecule has 0 N–H and O–H groups in total. The number of terminal acetylenes is 1. The van der Waals surface area contributed by atoms with Crippen molar-refractivity contribution in [2.24, 2.45) is 0 Å². The Kier molecular flexibility index (Phi) is 5.89. The molecule has 22 heavy (non-hydrogen) atoms. The van der Waals surface area contributed by atoms with E-state index in [1.165, 1.54) is 19.2 Å². The van der Waals surface area contributed by atoms with E-state index in [0.717, 1.165) is 5.06 Å². The Labute approximate surface area is 126 Å². The highest BCUT2D eigenvalue weighted by Gasteiger charge is 2.23. The van der Waals surface area contributed by atoms with Gasteiger partial charge in [-0.25, -0.2) is 9.59 Å². The first kappa shape index (κ1) is 17.0. The SMILES string of the molecule is C#CC(=O)ON(C)C(=O)CCCC(=O)ON1C(=C)C=CC1=O. The molecule has 1 heterocycles. The number of carbonyl (C=O) groups excluding carboxylic acids is 4. The van der Waals surface area contributed by atoms with Crippen LogP contribution in [0, 0.1) is 12.3 Å². The maximum Gasteiger partial charge on any atom is 0.408 e. The van der Waals surface area contributed by atoms with Crippen LogP contribution in [0.25, 0.3) is 0 Å². The van der Waals surface area contributed by atoms with Gasteiger partial charge in [0.25, 0.3) is 11.8 Å². The maximum absolute atomic E-state index is 11.6. The van der Waals surface area contributed by atoms with Crippen LogP contribution in [-0.2, 0) is 28.9 Å². The molecule has 1 aliphatic rings.